The maximum absolute atomic E-state index is 12.9. The number of nitrogens with zero attached hydrogens (tertiary/aromatic N) is 3. The van der Waals surface area contributed by atoms with Crippen LogP contribution in [-0.4, -0.2) is 54.7 Å². The highest BCUT2D eigenvalue weighted by molar-refractivity contribution is 7.89. The topological polar surface area (TPSA) is 83.7 Å². The monoisotopic (exact) mass is 431 g/mol. The first kappa shape index (κ1) is 20.0. The Hall–Kier alpha value is -2.33. The number of rotatable bonds is 6. The van der Waals surface area contributed by atoms with Crippen LogP contribution in [0.1, 0.15) is 23.0 Å². The van der Waals surface area contributed by atoms with Crippen molar-refractivity contribution < 1.29 is 17.7 Å². The summed E-state index contributed by atoms with van der Waals surface area (Å²) in [5.74, 6) is 0.669. The molecule has 0 radical (unpaired) electrons. The van der Waals surface area contributed by atoms with Crippen molar-refractivity contribution in [2.24, 2.45) is 0 Å². The Morgan fingerprint density at radius 2 is 1.86 bits per heavy atom. The average Bonchev–Trinajstić information content (AvgIpc) is 3.40. The van der Waals surface area contributed by atoms with Gasteiger partial charge < -0.3 is 4.52 Å². The number of hydrogen-bond acceptors (Lipinski definition) is 7. The van der Waals surface area contributed by atoms with Crippen molar-refractivity contribution in [1.29, 1.82) is 0 Å². The second-order valence-electron chi connectivity index (χ2n) is 6.92. The SMILES string of the molecule is CC(=O)c1ccc(S(=O)(=O)N2CCN(Cc3cc(-c4cccs4)on3)CC2)cc1. The first-order valence-electron chi connectivity index (χ1n) is 9.26. The van der Waals surface area contributed by atoms with E-state index in [0.29, 0.717) is 38.3 Å². The molecule has 3 heterocycles. The number of sulfonamides is 1. The summed E-state index contributed by atoms with van der Waals surface area (Å²) in [6.45, 7) is 4.13. The number of benzene rings is 1. The molecule has 152 valence electrons. The fourth-order valence-electron chi connectivity index (χ4n) is 3.29. The molecule has 1 saturated heterocycles. The molecule has 0 bridgehead atoms. The molecule has 1 fully saturated rings. The van der Waals surface area contributed by atoms with E-state index in [0.717, 1.165) is 16.3 Å². The van der Waals surface area contributed by atoms with Gasteiger partial charge in [0.25, 0.3) is 0 Å². The molecule has 0 atom stereocenters. The Balaban J connectivity index is 1.37. The van der Waals surface area contributed by atoms with Crippen LogP contribution in [0.25, 0.3) is 10.6 Å². The normalized spacial score (nSPS) is 16.2. The largest absolute Gasteiger partial charge is 0.355 e. The fraction of sp³-hybridized carbons (Fsp3) is 0.300. The van der Waals surface area contributed by atoms with Crippen LogP contribution >= 0.6 is 11.3 Å². The second-order valence-corrected chi connectivity index (χ2v) is 9.81. The highest BCUT2D eigenvalue weighted by atomic mass is 32.2. The maximum Gasteiger partial charge on any atom is 0.243 e. The summed E-state index contributed by atoms with van der Waals surface area (Å²) in [7, 11) is -3.56. The minimum atomic E-state index is -3.56. The van der Waals surface area contributed by atoms with Crippen LogP contribution < -0.4 is 0 Å². The zero-order valence-corrected chi connectivity index (χ0v) is 17.6. The molecule has 4 rings (SSSR count). The molecule has 7 nitrogen and oxygen atoms in total. The Labute approximate surface area is 173 Å². The lowest BCUT2D eigenvalue weighted by Gasteiger charge is -2.33. The van der Waals surface area contributed by atoms with Gasteiger partial charge in [-0.2, -0.15) is 4.31 Å². The average molecular weight is 432 g/mol. The first-order valence-corrected chi connectivity index (χ1v) is 11.6. The van der Waals surface area contributed by atoms with Gasteiger partial charge in [-0.15, -0.1) is 11.3 Å². The number of piperazine rings is 1. The van der Waals surface area contributed by atoms with Crippen molar-refractivity contribution in [3.63, 3.8) is 0 Å². The van der Waals surface area contributed by atoms with Gasteiger partial charge in [0.1, 0.15) is 0 Å². The Kier molecular flexibility index (Phi) is 5.64. The molecule has 1 aliphatic rings. The molecule has 29 heavy (non-hydrogen) atoms. The minimum Gasteiger partial charge on any atom is -0.355 e. The molecule has 0 amide bonds. The summed E-state index contributed by atoms with van der Waals surface area (Å²) in [4.78, 5) is 14.8. The lowest BCUT2D eigenvalue weighted by molar-refractivity contribution is 0.101. The molecule has 0 aliphatic carbocycles. The summed E-state index contributed by atoms with van der Waals surface area (Å²) in [5.41, 5.74) is 1.34. The minimum absolute atomic E-state index is 0.0855. The standard InChI is InChI=1S/C20H21N3O4S2/c1-15(24)16-4-6-18(7-5-16)29(25,26)23-10-8-22(9-11-23)14-17-13-19(27-21-17)20-3-2-12-28-20/h2-7,12-13H,8-11,14H2,1H3. The van der Waals surface area contributed by atoms with E-state index in [9.17, 15) is 13.2 Å². The van der Waals surface area contributed by atoms with E-state index in [-0.39, 0.29) is 10.7 Å². The molecule has 0 N–H and O–H groups in total. The molecular formula is C20H21N3O4S2. The van der Waals surface area contributed by atoms with Gasteiger partial charge in [-0.25, -0.2) is 8.42 Å². The van der Waals surface area contributed by atoms with E-state index in [1.165, 1.54) is 23.4 Å². The highest BCUT2D eigenvalue weighted by Gasteiger charge is 2.28. The van der Waals surface area contributed by atoms with Gasteiger partial charge >= 0.3 is 0 Å². The van der Waals surface area contributed by atoms with Gasteiger partial charge in [0.05, 0.1) is 15.5 Å². The number of aromatic nitrogens is 1. The predicted molar refractivity (Wildman–Crippen MR) is 110 cm³/mol. The van der Waals surface area contributed by atoms with Crippen molar-refractivity contribution in [1.82, 2.24) is 14.4 Å². The van der Waals surface area contributed by atoms with Crippen LogP contribution in [0.2, 0.25) is 0 Å². The predicted octanol–water partition coefficient (Wildman–Crippen LogP) is 3.11. The van der Waals surface area contributed by atoms with Gasteiger partial charge in [0, 0.05) is 44.4 Å². The van der Waals surface area contributed by atoms with Crippen molar-refractivity contribution in [2.45, 2.75) is 18.4 Å². The number of ketones is 1. The summed E-state index contributed by atoms with van der Waals surface area (Å²) in [6.07, 6.45) is 0. The number of Topliss-reactive ketones (excluding diaryl/α,β-unsaturated/α-hetero) is 1. The Morgan fingerprint density at radius 3 is 2.48 bits per heavy atom. The molecular weight excluding hydrogens is 410 g/mol. The Bertz CT molecular complexity index is 1080. The van der Waals surface area contributed by atoms with Crippen LogP contribution in [0, 0.1) is 0 Å². The highest BCUT2D eigenvalue weighted by Crippen LogP contribution is 2.26. The van der Waals surface area contributed by atoms with Crippen molar-refractivity contribution in [3.8, 4) is 10.6 Å². The molecule has 0 spiro atoms. The lowest BCUT2D eigenvalue weighted by atomic mass is 10.2. The van der Waals surface area contributed by atoms with Crippen LogP contribution in [-0.2, 0) is 16.6 Å². The quantitative estimate of drug-likeness (QED) is 0.558. The molecule has 3 aromatic rings. The van der Waals surface area contributed by atoms with E-state index in [4.69, 9.17) is 4.52 Å². The number of hydrogen-bond donors (Lipinski definition) is 0. The van der Waals surface area contributed by atoms with E-state index in [2.05, 4.69) is 10.1 Å². The van der Waals surface area contributed by atoms with E-state index < -0.39 is 10.0 Å². The van der Waals surface area contributed by atoms with Gasteiger partial charge in [-0.3, -0.25) is 9.69 Å². The van der Waals surface area contributed by atoms with Crippen molar-refractivity contribution in [2.75, 3.05) is 26.2 Å². The molecule has 9 heteroatoms. The maximum atomic E-state index is 12.9. The van der Waals surface area contributed by atoms with Crippen LogP contribution in [0.3, 0.4) is 0 Å². The first-order chi connectivity index (χ1) is 13.9. The molecule has 0 saturated carbocycles. The zero-order chi connectivity index (χ0) is 20.4. The van der Waals surface area contributed by atoms with Crippen LogP contribution in [0.5, 0.6) is 0 Å². The van der Waals surface area contributed by atoms with Gasteiger partial charge in [0.15, 0.2) is 11.5 Å². The lowest BCUT2D eigenvalue weighted by Crippen LogP contribution is -2.48. The molecule has 1 aliphatic heterocycles. The summed E-state index contributed by atoms with van der Waals surface area (Å²) < 4.78 is 32.6. The third kappa shape index (κ3) is 4.32. The summed E-state index contributed by atoms with van der Waals surface area (Å²) >= 11 is 1.60. The number of carbonyl (C=O) groups is 1. The third-order valence-electron chi connectivity index (χ3n) is 4.94. The number of carbonyl (C=O) groups excluding carboxylic acids is 1. The molecule has 0 unspecified atom stereocenters. The van der Waals surface area contributed by atoms with E-state index in [1.54, 1.807) is 23.5 Å². The third-order valence-corrected chi connectivity index (χ3v) is 7.74. The smallest absolute Gasteiger partial charge is 0.243 e. The van der Waals surface area contributed by atoms with Crippen LogP contribution in [0.15, 0.2) is 57.3 Å². The fourth-order valence-corrected chi connectivity index (χ4v) is 5.38. The number of thiophene rings is 1. The van der Waals surface area contributed by atoms with E-state index in [1.807, 2.05) is 23.6 Å². The summed E-state index contributed by atoms with van der Waals surface area (Å²) in [5, 5.41) is 6.13. The van der Waals surface area contributed by atoms with Crippen LogP contribution in [0.4, 0.5) is 0 Å². The van der Waals surface area contributed by atoms with Crippen molar-refractivity contribution in [3.05, 3.63) is 59.1 Å². The zero-order valence-electron chi connectivity index (χ0n) is 15.9. The Morgan fingerprint density at radius 1 is 1.14 bits per heavy atom. The van der Waals surface area contributed by atoms with Crippen molar-refractivity contribution >= 4 is 27.1 Å². The van der Waals surface area contributed by atoms with Gasteiger partial charge in [-0.05, 0) is 30.5 Å². The van der Waals surface area contributed by atoms with Gasteiger partial charge in [-0.1, -0.05) is 23.4 Å². The van der Waals surface area contributed by atoms with Gasteiger partial charge in [0.2, 0.25) is 10.0 Å². The van der Waals surface area contributed by atoms with E-state index >= 15 is 0 Å². The summed E-state index contributed by atoms with van der Waals surface area (Å²) in [6, 6.07) is 12.0. The molecule has 2 aromatic heterocycles. The second kappa shape index (κ2) is 8.19. The molecule has 1 aromatic carbocycles.